The zero-order chi connectivity index (χ0) is 17.2. The van der Waals surface area contributed by atoms with E-state index < -0.39 is 0 Å². The maximum Gasteiger partial charge on any atom is 0.192 e. The Labute approximate surface area is 148 Å². The first-order valence-corrected chi connectivity index (χ1v) is 9.53. The minimum atomic E-state index is 0.0533. The van der Waals surface area contributed by atoms with Gasteiger partial charge in [-0.15, -0.1) is 0 Å². The summed E-state index contributed by atoms with van der Waals surface area (Å²) in [6.07, 6.45) is 6.79. The summed E-state index contributed by atoms with van der Waals surface area (Å²) in [6, 6.07) is 8.95. The highest BCUT2D eigenvalue weighted by atomic mass is 16.1. The molecule has 2 N–H and O–H groups in total. The molecule has 5 rings (SSSR count). The van der Waals surface area contributed by atoms with Crippen LogP contribution in [0, 0.1) is 5.41 Å². The van der Waals surface area contributed by atoms with Gasteiger partial charge in [-0.3, -0.25) is 9.69 Å². The minimum absolute atomic E-state index is 0.0533. The molecule has 0 unspecified atom stereocenters. The summed E-state index contributed by atoms with van der Waals surface area (Å²) in [4.78, 5) is 15.4. The second-order valence-electron chi connectivity index (χ2n) is 7.75. The van der Waals surface area contributed by atoms with E-state index >= 15 is 0 Å². The number of nitrogens with zero attached hydrogens (tertiary/aromatic N) is 2. The van der Waals surface area contributed by atoms with E-state index in [1.54, 1.807) is 0 Å². The molecule has 0 saturated carbocycles. The molecule has 0 spiro atoms. The zero-order valence-electron chi connectivity index (χ0n) is 14.8. The largest absolute Gasteiger partial charge is 0.324 e. The van der Waals surface area contributed by atoms with Crippen LogP contribution in [0.5, 0.6) is 0 Å². The summed E-state index contributed by atoms with van der Waals surface area (Å²) in [5.74, 6) is 0.0533. The highest BCUT2D eigenvalue weighted by Crippen LogP contribution is 2.56. The third-order valence-electron chi connectivity index (χ3n) is 6.72. The van der Waals surface area contributed by atoms with Crippen LogP contribution in [0.15, 0.2) is 30.3 Å². The number of hydrogen-bond donors (Lipinski definition) is 1. The predicted octanol–water partition coefficient (Wildman–Crippen LogP) is 3.11. The monoisotopic (exact) mass is 335 g/mol. The van der Waals surface area contributed by atoms with Gasteiger partial charge in [0.05, 0.1) is 23.8 Å². The van der Waals surface area contributed by atoms with Gasteiger partial charge in [0, 0.05) is 23.0 Å². The van der Waals surface area contributed by atoms with Crippen LogP contribution < -0.4 is 5.73 Å². The number of nitrogens with two attached hydrogens (primary N) is 1. The molecular weight excluding hydrogens is 310 g/mol. The molecule has 2 atom stereocenters. The first-order valence-electron chi connectivity index (χ1n) is 9.53. The highest BCUT2D eigenvalue weighted by molar-refractivity contribution is 6.18. The number of piperidine rings is 1. The van der Waals surface area contributed by atoms with E-state index in [9.17, 15) is 4.79 Å². The molecular formula is C21H25N3O. The second-order valence-corrected chi connectivity index (χ2v) is 7.75. The topological polar surface area (TPSA) is 51.3 Å². The van der Waals surface area contributed by atoms with Gasteiger partial charge >= 0.3 is 0 Å². The first kappa shape index (κ1) is 15.4. The fourth-order valence-corrected chi connectivity index (χ4v) is 5.59. The summed E-state index contributed by atoms with van der Waals surface area (Å²) in [5, 5.41) is 1.31. The van der Waals surface area contributed by atoms with Crippen molar-refractivity contribution in [1.82, 2.24) is 9.47 Å². The number of aromatic nitrogens is 1. The minimum Gasteiger partial charge on any atom is -0.324 e. The molecule has 0 amide bonds. The number of Topliss-reactive ketones (excluding diaryl/α,β-unsaturated/α-hetero) is 1. The van der Waals surface area contributed by atoms with Gasteiger partial charge in [0.25, 0.3) is 0 Å². The van der Waals surface area contributed by atoms with E-state index in [0.717, 1.165) is 37.0 Å². The fourth-order valence-electron chi connectivity index (χ4n) is 5.59. The van der Waals surface area contributed by atoms with Crippen LogP contribution in [-0.2, 0) is 11.2 Å². The Morgan fingerprint density at radius 2 is 2.16 bits per heavy atom. The summed E-state index contributed by atoms with van der Waals surface area (Å²) < 4.78 is 2.25. The van der Waals surface area contributed by atoms with Gasteiger partial charge in [0.1, 0.15) is 0 Å². The first-order chi connectivity index (χ1) is 12.2. The van der Waals surface area contributed by atoms with Crippen LogP contribution in [0.4, 0.5) is 0 Å². The van der Waals surface area contributed by atoms with Crippen LogP contribution in [-0.4, -0.2) is 34.9 Å². The molecule has 1 aromatic heterocycles. The Kier molecular flexibility index (Phi) is 3.25. The van der Waals surface area contributed by atoms with Gasteiger partial charge in [0.2, 0.25) is 0 Å². The summed E-state index contributed by atoms with van der Waals surface area (Å²) in [7, 11) is 0. The molecule has 1 aromatic carbocycles. The molecule has 2 aromatic rings. The Balaban J connectivity index is 1.89. The van der Waals surface area contributed by atoms with Crippen molar-refractivity contribution in [3.63, 3.8) is 0 Å². The molecule has 1 fully saturated rings. The highest BCUT2D eigenvalue weighted by Gasteiger charge is 2.50. The van der Waals surface area contributed by atoms with Crippen molar-refractivity contribution in [3.8, 4) is 0 Å². The maximum atomic E-state index is 12.8. The Morgan fingerprint density at radius 3 is 2.96 bits per heavy atom. The standard InChI is InChI=1S/C21H25N3O/c1-2-21-9-5-10-23-11-8-15-14-6-3-4-7-16(14)24(19(15)20(21)23)17(12-21)18(25)13-22/h3-4,6-7,12,20H,2,5,8-11,13,22H2,1H3/t20-,21+/m1/s1. The Hall–Kier alpha value is -1.91. The van der Waals surface area contributed by atoms with Crippen LogP contribution in [0.3, 0.4) is 0 Å². The van der Waals surface area contributed by atoms with Gasteiger partial charge < -0.3 is 10.3 Å². The molecule has 25 heavy (non-hydrogen) atoms. The molecule has 3 aliphatic rings. The lowest BCUT2D eigenvalue weighted by Gasteiger charge is -2.53. The van der Waals surface area contributed by atoms with Crippen molar-refractivity contribution in [2.45, 2.75) is 38.6 Å². The maximum absolute atomic E-state index is 12.8. The van der Waals surface area contributed by atoms with Crippen molar-refractivity contribution in [2.75, 3.05) is 19.6 Å². The van der Waals surface area contributed by atoms with Crippen LogP contribution in [0.2, 0.25) is 0 Å². The Bertz CT molecular complexity index is 909. The number of hydrogen-bond acceptors (Lipinski definition) is 3. The van der Waals surface area contributed by atoms with Gasteiger partial charge in [-0.25, -0.2) is 0 Å². The van der Waals surface area contributed by atoms with E-state index in [0.29, 0.717) is 6.04 Å². The summed E-state index contributed by atoms with van der Waals surface area (Å²) >= 11 is 0. The van der Waals surface area contributed by atoms with E-state index in [-0.39, 0.29) is 17.7 Å². The van der Waals surface area contributed by atoms with Crippen LogP contribution in [0.1, 0.15) is 43.5 Å². The molecule has 0 bridgehead atoms. The van der Waals surface area contributed by atoms with E-state index in [4.69, 9.17) is 5.73 Å². The third-order valence-corrected chi connectivity index (χ3v) is 6.72. The van der Waals surface area contributed by atoms with Gasteiger partial charge in [-0.2, -0.15) is 0 Å². The zero-order valence-corrected chi connectivity index (χ0v) is 14.8. The second kappa shape index (κ2) is 5.29. The number of fused-ring (bicyclic) bond motifs is 3. The normalized spacial score (nSPS) is 27.9. The average Bonchev–Trinajstić information content (AvgIpc) is 3.01. The number of carbonyl (C=O) groups is 1. The van der Waals surface area contributed by atoms with Crippen LogP contribution in [0.25, 0.3) is 16.6 Å². The van der Waals surface area contributed by atoms with Gasteiger partial charge in [-0.1, -0.05) is 25.1 Å². The van der Waals surface area contributed by atoms with Gasteiger partial charge in [-0.05, 0) is 49.9 Å². The van der Waals surface area contributed by atoms with Gasteiger partial charge in [0.15, 0.2) is 5.78 Å². The lowest BCUT2D eigenvalue weighted by atomic mass is 9.66. The van der Waals surface area contributed by atoms with Crippen molar-refractivity contribution in [2.24, 2.45) is 11.1 Å². The third kappa shape index (κ3) is 1.87. The number of benzene rings is 1. The number of rotatable bonds is 3. The van der Waals surface area contributed by atoms with Crippen molar-refractivity contribution < 1.29 is 4.79 Å². The molecule has 3 aliphatic heterocycles. The smallest absolute Gasteiger partial charge is 0.192 e. The molecule has 4 heterocycles. The van der Waals surface area contributed by atoms with E-state index in [1.807, 2.05) is 0 Å². The quantitative estimate of drug-likeness (QED) is 0.938. The number of para-hydroxylation sites is 1. The van der Waals surface area contributed by atoms with Crippen molar-refractivity contribution in [3.05, 3.63) is 41.6 Å². The van der Waals surface area contributed by atoms with Crippen molar-refractivity contribution >= 4 is 22.4 Å². The average molecular weight is 335 g/mol. The SMILES string of the molecule is CC[C@@]12C=C(C(=O)CN)n3c4c(c5ccccc53)CCN(CCC1)[C@H]42. The van der Waals surface area contributed by atoms with E-state index in [2.05, 4.69) is 46.7 Å². The fraction of sp³-hybridized carbons (Fsp3) is 0.476. The molecule has 130 valence electrons. The van der Waals surface area contributed by atoms with Crippen LogP contribution >= 0.6 is 0 Å². The lowest BCUT2D eigenvalue weighted by molar-refractivity contribution is -0.113. The Morgan fingerprint density at radius 1 is 1.32 bits per heavy atom. The lowest BCUT2D eigenvalue weighted by Crippen LogP contribution is -2.51. The van der Waals surface area contributed by atoms with E-state index in [1.165, 1.54) is 29.6 Å². The van der Waals surface area contributed by atoms with Crippen molar-refractivity contribution in [1.29, 1.82) is 0 Å². The number of ketones is 1. The summed E-state index contributed by atoms with van der Waals surface area (Å²) in [5.41, 5.74) is 10.6. The predicted molar refractivity (Wildman–Crippen MR) is 100 cm³/mol. The molecule has 0 aliphatic carbocycles. The number of carbonyl (C=O) groups excluding carboxylic acids is 1. The molecule has 4 heteroatoms. The summed E-state index contributed by atoms with van der Waals surface area (Å²) in [6.45, 7) is 4.64. The molecule has 0 radical (unpaired) electrons. The molecule has 4 nitrogen and oxygen atoms in total. The molecule has 1 saturated heterocycles.